The van der Waals surface area contributed by atoms with Gasteiger partial charge in [-0.15, -0.1) is 0 Å². The van der Waals surface area contributed by atoms with Gasteiger partial charge in [0.1, 0.15) is 0 Å². The molecule has 0 saturated carbocycles. The van der Waals surface area contributed by atoms with Crippen molar-refractivity contribution in [1.82, 2.24) is 18.7 Å². The highest BCUT2D eigenvalue weighted by atomic mass is 32.2. The van der Waals surface area contributed by atoms with E-state index in [1.54, 1.807) is 11.6 Å². The summed E-state index contributed by atoms with van der Waals surface area (Å²) >= 11 is 1.13. The average Bonchev–Trinajstić information content (AvgIpc) is 2.83. The van der Waals surface area contributed by atoms with E-state index in [1.165, 1.54) is 17.9 Å². The van der Waals surface area contributed by atoms with E-state index >= 15 is 0 Å². The van der Waals surface area contributed by atoms with Crippen LogP contribution >= 0.6 is 11.8 Å². The monoisotopic (exact) mass is 310 g/mol. The fraction of sp³-hybridized carbons (Fsp3) is 0.538. The molecular formula is C13H18N4O3S. The molecule has 0 aromatic carbocycles. The van der Waals surface area contributed by atoms with Crippen LogP contribution < -0.4 is 11.2 Å². The fourth-order valence-corrected chi connectivity index (χ4v) is 2.72. The summed E-state index contributed by atoms with van der Waals surface area (Å²) in [5.74, 6) is 0.292. The summed E-state index contributed by atoms with van der Waals surface area (Å²) in [4.78, 5) is 40.1. The minimum atomic E-state index is -0.446. The molecule has 0 aliphatic heterocycles. The van der Waals surface area contributed by atoms with Gasteiger partial charge in [-0.3, -0.25) is 18.7 Å². The summed E-state index contributed by atoms with van der Waals surface area (Å²) in [7, 11) is 2.99. The van der Waals surface area contributed by atoms with E-state index in [1.807, 2.05) is 20.8 Å². The first kappa shape index (κ1) is 15.6. The van der Waals surface area contributed by atoms with Crippen molar-refractivity contribution in [3.63, 3.8) is 0 Å². The summed E-state index contributed by atoms with van der Waals surface area (Å²) < 4.78 is 3.96. The van der Waals surface area contributed by atoms with Gasteiger partial charge >= 0.3 is 5.69 Å². The highest BCUT2D eigenvalue weighted by Crippen LogP contribution is 2.24. The van der Waals surface area contributed by atoms with Crippen molar-refractivity contribution in [2.75, 3.05) is 0 Å². The van der Waals surface area contributed by atoms with Gasteiger partial charge in [0, 0.05) is 19.5 Å². The maximum atomic E-state index is 12.2. The average molecular weight is 310 g/mol. The van der Waals surface area contributed by atoms with Gasteiger partial charge in [-0.05, 0) is 0 Å². The second-order valence-corrected chi connectivity index (χ2v) is 6.82. The zero-order chi connectivity index (χ0) is 15.9. The van der Waals surface area contributed by atoms with Crippen LogP contribution in [0.25, 0.3) is 11.2 Å². The summed E-state index contributed by atoms with van der Waals surface area (Å²) in [6, 6.07) is 0. The number of rotatable bonds is 2. The molecule has 0 unspecified atom stereocenters. The van der Waals surface area contributed by atoms with E-state index in [4.69, 9.17) is 0 Å². The van der Waals surface area contributed by atoms with Crippen LogP contribution in [0.4, 0.5) is 0 Å². The van der Waals surface area contributed by atoms with Crippen molar-refractivity contribution < 1.29 is 4.79 Å². The number of aryl methyl sites for hydroxylation is 1. The lowest BCUT2D eigenvalue weighted by Gasteiger charge is -2.15. The van der Waals surface area contributed by atoms with Gasteiger partial charge in [-0.1, -0.05) is 32.5 Å². The normalized spacial score (nSPS) is 12.0. The molecule has 0 atom stereocenters. The molecule has 0 fully saturated rings. The minimum Gasteiger partial charge on any atom is -0.314 e. The zero-order valence-corrected chi connectivity index (χ0v) is 13.5. The molecule has 2 aromatic heterocycles. The van der Waals surface area contributed by atoms with E-state index in [-0.39, 0.29) is 5.12 Å². The lowest BCUT2D eigenvalue weighted by Crippen LogP contribution is -2.37. The number of carbonyl (C=O) groups excluding carboxylic acids is 1. The summed E-state index contributed by atoms with van der Waals surface area (Å²) in [6.45, 7) is 5.53. The number of fused-ring (bicyclic) bond motifs is 1. The van der Waals surface area contributed by atoms with Gasteiger partial charge in [-0.25, -0.2) is 9.78 Å². The molecular weight excluding hydrogens is 292 g/mol. The summed E-state index contributed by atoms with van der Waals surface area (Å²) in [5, 5.41) is 0.0333. The third-order valence-electron chi connectivity index (χ3n) is 3.16. The molecule has 21 heavy (non-hydrogen) atoms. The van der Waals surface area contributed by atoms with E-state index in [9.17, 15) is 14.4 Å². The van der Waals surface area contributed by atoms with Crippen LogP contribution in [0.15, 0.2) is 15.9 Å². The minimum absolute atomic E-state index is 0.0333. The molecule has 0 saturated heterocycles. The number of carbonyl (C=O) groups is 1. The van der Waals surface area contributed by atoms with Crippen LogP contribution in [-0.4, -0.2) is 23.8 Å². The Bertz CT molecular complexity index is 823. The topological polar surface area (TPSA) is 78.9 Å². The number of nitrogens with zero attached hydrogens (tertiary/aromatic N) is 4. The predicted molar refractivity (Wildman–Crippen MR) is 82.3 cm³/mol. The Labute approximate surface area is 125 Å². The number of aromatic nitrogens is 4. The van der Waals surface area contributed by atoms with Crippen molar-refractivity contribution in [1.29, 1.82) is 0 Å². The molecule has 0 radical (unpaired) electrons. The third kappa shape index (κ3) is 2.67. The van der Waals surface area contributed by atoms with E-state index < -0.39 is 16.7 Å². The molecule has 2 aromatic rings. The van der Waals surface area contributed by atoms with Gasteiger partial charge in [-0.2, -0.15) is 0 Å². The quantitative estimate of drug-likeness (QED) is 0.816. The SMILES string of the molecule is Cn1c(=O)c2c(ncn2CSC(=O)C(C)(C)C)n(C)c1=O. The Kier molecular flexibility index (Phi) is 3.83. The van der Waals surface area contributed by atoms with Crippen molar-refractivity contribution >= 4 is 28.0 Å². The van der Waals surface area contributed by atoms with Gasteiger partial charge in [0.2, 0.25) is 0 Å². The van der Waals surface area contributed by atoms with E-state index in [0.29, 0.717) is 17.0 Å². The molecule has 0 aliphatic rings. The Morgan fingerprint density at radius 3 is 2.43 bits per heavy atom. The maximum absolute atomic E-state index is 12.2. The van der Waals surface area contributed by atoms with E-state index in [0.717, 1.165) is 16.3 Å². The lowest BCUT2D eigenvalue weighted by molar-refractivity contribution is -0.117. The Balaban J connectivity index is 2.46. The molecule has 7 nitrogen and oxygen atoms in total. The van der Waals surface area contributed by atoms with Crippen molar-refractivity contribution in [3.8, 4) is 0 Å². The van der Waals surface area contributed by atoms with Crippen LogP contribution in [0.2, 0.25) is 0 Å². The largest absolute Gasteiger partial charge is 0.332 e. The molecule has 0 aliphatic carbocycles. The zero-order valence-electron chi connectivity index (χ0n) is 12.7. The predicted octanol–water partition coefficient (Wildman–Crippen LogP) is 0.697. The molecule has 2 heterocycles. The molecule has 8 heteroatoms. The number of thioether (sulfide) groups is 1. The smallest absolute Gasteiger partial charge is 0.314 e. The summed E-state index contributed by atoms with van der Waals surface area (Å²) in [5.41, 5.74) is -0.620. The van der Waals surface area contributed by atoms with Gasteiger partial charge in [0.25, 0.3) is 5.56 Å². The molecule has 0 amide bonds. The van der Waals surface area contributed by atoms with Gasteiger partial charge < -0.3 is 4.57 Å². The number of imidazole rings is 1. The molecule has 0 bridgehead atoms. The Morgan fingerprint density at radius 1 is 1.24 bits per heavy atom. The van der Waals surface area contributed by atoms with Gasteiger partial charge in [0.15, 0.2) is 16.3 Å². The third-order valence-corrected chi connectivity index (χ3v) is 4.45. The summed E-state index contributed by atoms with van der Waals surface area (Å²) in [6.07, 6.45) is 1.48. The Hall–Kier alpha value is -1.83. The first-order valence-corrected chi connectivity index (χ1v) is 7.41. The fourth-order valence-electron chi connectivity index (χ4n) is 1.84. The standard InChI is InChI=1S/C13H18N4O3S/c1-13(2,3)11(19)21-7-17-6-14-9-8(17)10(18)16(5)12(20)15(9)4/h6H,7H2,1-5H3. The molecule has 114 valence electrons. The Morgan fingerprint density at radius 2 is 1.86 bits per heavy atom. The first-order valence-electron chi connectivity index (χ1n) is 6.42. The van der Waals surface area contributed by atoms with Crippen LogP contribution in [0.3, 0.4) is 0 Å². The number of hydrogen-bond donors (Lipinski definition) is 0. The van der Waals surface area contributed by atoms with Crippen molar-refractivity contribution in [2.24, 2.45) is 19.5 Å². The van der Waals surface area contributed by atoms with Crippen molar-refractivity contribution in [2.45, 2.75) is 26.6 Å². The maximum Gasteiger partial charge on any atom is 0.332 e. The second kappa shape index (κ2) is 5.18. The first-order chi connectivity index (χ1) is 9.64. The molecule has 2 rings (SSSR count). The lowest BCUT2D eigenvalue weighted by atomic mass is 10.00. The van der Waals surface area contributed by atoms with Crippen molar-refractivity contribution in [3.05, 3.63) is 27.2 Å². The second-order valence-electron chi connectivity index (χ2n) is 5.90. The van der Waals surface area contributed by atoms with E-state index in [2.05, 4.69) is 4.98 Å². The van der Waals surface area contributed by atoms with Crippen LogP contribution in [0.1, 0.15) is 20.8 Å². The highest BCUT2D eigenvalue weighted by molar-refractivity contribution is 8.12. The van der Waals surface area contributed by atoms with Crippen LogP contribution in [-0.2, 0) is 24.8 Å². The van der Waals surface area contributed by atoms with Crippen LogP contribution in [0.5, 0.6) is 0 Å². The highest BCUT2D eigenvalue weighted by Gasteiger charge is 2.22. The van der Waals surface area contributed by atoms with Gasteiger partial charge in [0.05, 0.1) is 12.2 Å². The molecule has 0 spiro atoms. The molecule has 0 N–H and O–H groups in total. The van der Waals surface area contributed by atoms with Crippen LogP contribution in [0, 0.1) is 5.41 Å². The number of hydrogen-bond acceptors (Lipinski definition) is 5.